The third kappa shape index (κ3) is 7.04. The van der Waals surface area contributed by atoms with Gasteiger partial charge in [-0.3, -0.25) is 4.79 Å². The molecule has 0 fully saturated rings. The molecular weight excluding hydrogens is 196 g/mol. The SMILES string of the molecule is CC(C)C[C@H](N)C(=O)OC(=O)CCCN. The summed E-state index contributed by atoms with van der Waals surface area (Å²) >= 11 is 0. The summed E-state index contributed by atoms with van der Waals surface area (Å²) in [5, 5.41) is 0. The molecule has 15 heavy (non-hydrogen) atoms. The second-order valence-electron chi connectivity index (χ2n) is 3.92. The number of nitrogens with two attached hydrogens (primary N) is 2. The maximum Gasteiger partial charge on any atom is 0.330 e. The van der Waals surface area contributed by atoms with E-state index in [1.54, 1.807) is 0 Å². The van der Waals surface area contributed by atoms with Gasteiger partial charge in [0, 0.05) is 6.42 Å². The van der Waals surface area contributed by atoms with E-state index < -0.39 is 18.0 Å². The molecule has 1 atom stereocenters. The fourth-order valence-electron chi connectivity index (χ4n) is 1.09. The van der Waals surface area contributed by atoms with Crippen LogP contribution in [0.3, 0.4) is 0 Å². The monoisotopic (exact) mass is 216 g/mol. The van der Waals surface area contributed by atoms with Crippen LogP contribution < -0.4 is 11.5 Å². The Morgan fingerprint density at radius 2 is 1.93 bits per heavy atom. The van der Waals surface area contributed by atoms with Crippen LogP contribution >= 0.6 is 0 Å². The molecule has 0 unspecified atom stereocenters. The smallest absolute Gasteiger partial charge is 0.330 e. The van der Waals surface area contributed by atoms with Crippen molar-refractivity contribution in [2.75, 3.05) is 6.54 Å². The average molecular weight is 216 g/mol. The number of ether oxygens (including phenoxy) is 1. The van der Waals surface area contributed by atoms with Gasteiger partial charge in [-0.05, 0) is 25.3 Å². The Morgan fingerprint density at radius 1 is 1.33 bits per heavy atom. The van der Waals surface area contributed by atoms with Gasteiger partial charge in [0.05, 0.1) is 0 Å². The van der Waals surface area contributed by atoms with Gasteiger partial charge >= 0.3 is 11.9 Å². The van der Waals surface area contributed by atoms with Crippen LogP contribution in [0, 0.1) is 5.92 Å². The Balaban J connectivity index is 3.85. The van der Waals surface area contributed by atoms with Crippen LogP contribution in [0.2, 0.25) is 0 Å². The molecule has 88 valence electrons. The third-order valence-corrected chi connectivity index (χ3v) is 1.83. The molecule has 0 radical (unpaired) electrons. The molecule has 0 aromatic rings. The van der Waals surface area contributed by atoms with E-state index in [0.717, 1.165) is 0 Å². The summed E-state index contributed by atoms with van der Waals surface area (Å²) in [5.41, 5.74) is 10.8. The first kappa shape index (κ1) is 14.1. The first-order valence-electron chi connectivity index (χ1n) is 5.17. The van der Waals surface area contributed by atoms with Gasteiger partial charge in [-0.15, -0.1) is 0 Å². The van der Waals surface area contributed by atoms with E-state index in [4.69, 9.17) is 11.5 Å². The quantitative estimate of drug-likeness (QED) is 0.487. The number of carbonyl (C=O) groups is 2. The first-order valence-corrected chi connectivity index (χ1v) is 5.17. The molecule has 0 amide bonds. The number of rotatable bonds is 6. The Bertz CT molecular complexity index is 217. The lowest BCUT2D eigenvalue weighted by Crippen LogP contribution is -2.35. The van der Waals surface area contributed by atoms with Crippen molar-refractivity contribution in [3.05, 3.63) is 0 Å². The number of hydrogen-bond donors (Lipinski definition) is 2. The van der Waals surface area contributed by atoms with Crippen molar-refractivity contribution in [2.24, 2.45) is 17.4 Å². The highest BCUT2D eigenvalue weighted by Crippen LogP contribution is 2.04. The van der Waals surface area contributed by atoms with E-state index in [9.17, 15) is 9.59 Å². The predicted octanol–water partition coefficient (Wildman–Crippen LogP) is 0.169. The summed E-state index contributed by atoms with van der Waals surface area (Å²) in [6.45, 7) is 4.30. The summed E-state index contributed by atoms with van der Waals surface area (Å²) in [7, 11) is 0. The lowest BCUT2D eigenvalue weighted by molar-refractivity contribution is -0.160. The molecule has 5 heteroatoms. The maximum atomic E-state index is 11.3. The molecule has 0 rings (SSSR count). The Labute approximate surface area is 90.1 Å². The number of esters is 2. The van der Waals surface area contributed by atoms with Crippen molar-refractivity contribution < 1.29 is 14.3 Å². The van der Waals surface area contributed by atoms with Crippen molar-refractivity contribution in [1.29, 1.82) is 0 Å². The molecule has 0 aliphatic rings. The zero-order valence-electron chi connectivity index (χ0n) is 9.36. The molecule has 0 bridgehead atoms. The van der Waals surface area contributed by atoms with Crippen molar-refractivity contribution in [1.82, 2.24) is 0 Å². The Hall–Kier alpha value is -0.940. The standard InChI is InChI=1S/C10H20N2O3/c1-7(2)6-8(12)10(14)15-9(13)4-3-5-11/h7-8H,3-6,11-12H2,1-2H3/t8-/m0/s1. The lowest BCUT2D eigenvalue weighted by atomic mass is 10.1. The van der Waals surface area contributed by atoms with Gasteiger partial charge in [0.2, 0.25) is 0 Å². The molecule has 0 saturated heterocycles. The second kappa shape index (κ2) is 7.36. The van der Waals surface area contributed by atoms with E-state index in [1.165, 1.54) is 0 Å². The second-order valence-corrected chi connectivity index (χ2v) is 3.92. The first-order chi connectivity index (χ1) is 6.97. The zero-order valence-corrected chi connectivity index (χ0v) is 9.36. The Kier molecular flexibility index (Phi) is 6.90. The highest BCUT2D eigenvalue weighted by molar-refractivity contribution is 5.88. The van der Waals surface area contributed by atoms with Crippen molar-refractivity contribution in [2.45, 2.75) is 39.2 Å². The minimum Gasteiger partial charge on any atom is -0.392 e. The predicted molar refractivity (Wildman–Crippen MR) is 56.8 cm³/mol. The minimum atomic E-state index is -0.716. The highest BCUT2D eigenvalue weighted by atomic mass is 16.6. The summed E-state index contributed by atoms with van der Waals surface area (Å²) in [6, 6.07) is -0.716. The molecule has 0 aliphatic heterocycles. The summed E-state index contributed by atoms with van der Waals surface area (Å²) in [4.78, 5) is 22.3. The highest BCUT2D eigenvalue weighted by Gasteiger charge is 2.19. The molecule has 0 spiro atoms. The van der Waals surface area contributed by atoms with Gasteiger partial charge in [-0.25, -0.2) is 4.79 Å². The van der Waals surface area contributed by atoms with Gasteiger partial charge < -0.3 is 16.2 Å². The summed E-state index contributed by atoms with van der Waals surface area (Å²) < 4.78 is 4.56. The van der Waals surface area contributed by atoms with Crippen LogP contribution in [0.25, 0.3) is 0 Å². The third-order valence-electron chi connectivity index (χ3n) is 1.83. The molecule has 0 aromatic heterocycles. The van der Waals surface area contributed by atoms with Crippen LogP contribution in [0.15, 0.2) is 0 Å². The van der Waals surface area contributed by atoms with Crippen LogP contribution in [0.4, 0.5) is 0 Å². The van der Waals surface area contributed by atoms with Crippen molar-refractivity contribution in [3.63, 3.8) is 0 Å². The number of hydrogen-bond acceptors (Lipinski definition) is 5. The molecule has 0 saturated carbocycles. The van der Waals surface area contributed by atoms with Crippen LogP contribution in [-0.4, -0.2) is 24.5 Å². The minimum absolute atomic E-state index is 0.163. The van der Waals surface area contributed by atoms with Crippen LogP contribution in [-0.2, 0) is 14.3 Å². The average Bonchev–Trinajstić information content (AvgIpc) is 2.13. The summed E-state index contributed by atoms with van der Waals surface area (Å²) in [6.07, 6.45) is 1.20. The largest absolute Gasteiger partial charge is 0.392 e. The van der Waals surface area contributed by atoms with E-state index in [2.05, 4.69) is 4.74 Å². The van der Waals surface area contributed by atoms with Crippen molar-refractivity contribution >= 4 is 11.9 Å². The van der Waals surface area contributed by atoms with E-state index in [0.29, 0.717) is 25.3 Å². The van der Waals surface area contributed by atoms with Gasteiger partial charge in [0.25, 0.3) is 0 Å². The number of carbonyl (C=O) groups excluding carboxylic acids is 2. The summed E-state index contributed by atoms with van der Waals surface area (Å²) in [5.74, 6) is -0.901. The molecule has 0 heterocycles. The topological polar surface area (TPSA) is 95.4 Å². The van der Waals surface area contributed by atoms with E-state index in [1.807, 2.05) is 13.8 Å². The molecule has 0 aliphatic carbocycles. The van der Waals surface area contributed by atoms with E-state index >= 15 is 0 Å². The fraction of sp³-hybridized carbons (Fsp3) is 0.800. The fourth-order valence-corrected chi connectivity index (χ4v) is 1.09. The normalized spacial score (nSPS) is 12.6. The lowest BCUT2D eigenvalue weighted by Gasteiger charge is -2.12. The molecular formula is C10H20N2O3. The van der Waals surface area contributed by atoms with Gasteiger partial charge in [-0.2, -0.15) is 0 Å². The van der Waals surface area contributed by atoms with Gasteiger partial charge in [0.15, 0.2) is 0 Å². The molecule has 4 N–H and O–H groups in total. The van der Waals surface area contributed by atoms with Crippen molar-refractivity contribution in [3.8, 4) is 0 Å². The van der Waals surface area contributed by atoms with E-state index in [-0.39, 0.29) is 6.42 Å². The Morgan fingerprint density at radius 3 is 2.40 bits per heavy atom. The molecule has 5 nitrogen and oxygen atoms in total. The zero-order chi connectivity index (χ0) is 11.8. The van der Waals surface area contributed by atoms with Crippen LogP contribution in [0.5, 0.6) is 0 Å². The maximum absolute atomic E-state index is 11.3. The van der Waals surface area contributed by atoms with Crippen LogP contribution in [0.1, 0.15) is 33.1 Å². The van der Waals surface area contributed by atoms with Gasteiger partial charge in [0.1, 0.15) is 6.04 Å². The van der Waals surface area contributed by atoms with Gasteiger partial charge in [-0.1, -0.05) is 13.8 Å². The molecule has 0 aromatic carbocycles.